The highest BCUT2D eigenvalue weighted by molar-refractivity contribution is 7.90. The van der Waals surface area contributed by atoms with Gasteiger partial charge < -0.3 is 10.1 Å². The van der Waals surface area contributed by atoms with Gasteiger partial charge in [0.05, 0.1) is 22.7 Å². The summed E-state index contributed by atoms with van der Waals surface area (Å²) in [5, 5.41) is 4.88. The van der Waals surface area contributed by atoms with Gasteiger partial charge in [-0.25, -0.2) is 13.0 Å². The molecule has 202 valence electrons. The Kier molecular flexibility index (Phi) is 7.89. The Bertz CT molecular complexity index is 1760. The number of pyridine rings is 2. The number of rotatable bonds is 9. The van der Waals surface area contributed by atoms with Gasteiger partial charge in [0.2, 0.25) is 0 Å². The molecule has 1 amide bonds. The first kappa shape index (κ1) is 27.0. The van der Waals surface area contributed by atoms with Gasteiger partial charge in [-0.1, -0.05) is 55.8 Å². The van der Waals surface area contributed by atoms with Crippen molar-refractivity contribution in [3.8, 4) is 22.7 Å². The molecular formula is C32H30N3O4S+. The molecule has 8 heteroatoms. The SMILES string of the molecule is CCCC(Oc1ccc2ccnc(-[n+]3ccccc3)c2c1)C(=O)Nc1ccc(-c2ccccc2S(C)(=O)=O)cc1. The topological polar surface area (TPSA) is 89.2 Å². The summed E-state index contributed by atoms with van der Waals surface area (Å²) in [6.45, 7) is 2.01. The van der Waals surface area contributed by atoms with Crippen LogP contribution in [0.4, 0.5) is 5.69 Å². The van der Waals surface area contributed by atoms with E-state index in [2.05, 4.69) is 10.3 Å². The molecule has 5 aromatic rings. The normalized spacial score (nSPS) is 12.2. The smallest absolute Gasteiger partial charge is 0.335 e. The van der Waals surface area contributed by atoms with Crippen molar-refractivity contribution in [3.05, 3.63) is 110 Å². The van der Waals surface area contributed by atoms with Gasteiger partial charge in [0.25, 0.3) is 5.91 Å². The lowest BCUT2D eigenvalue weighted by atomic mass is 10.1. The van der Waals surface area contributed by atoms with Crippen LogP contribution in [-0.4, -0.2) is 31.7 Å². The Morgan fingerprint density at radius 2 is 1.70 bits per heavy atom. The van der Waals surface area contributed by atoms with Crippen molar-refractivity contribution in [1.82, 2.24) is 4.98 Å². The van der Waals surface area contributed by atoms with E-state index in [1.54, 1.807) is 54.7 Å². The molecule has 2 aromatic heterocycles. The summed E-state index contributed by atoms with van der Waals surface area (Å²) in [6.07, 6.45) is 7.45. The van der Waals surface area contributed by atoms with Crippen LogP contribution in [0.3, 0.4) is 0 Å². The van der Waals surface area contributed by atoms with E-state index in [4.69, 9.17) is 4.74 Å². The van der Waals surface area contributed by atoms with Crippen LogP contribution in [0, 0.1) is 0 Å². The number of sulfone groups is 1. The van der Waals surface area contributed by atoms with Crippen molar-refractivity contribution in [2.45, 2.75) is 30.8 Å². The fourth-order valence-corrected chi connectivity index (χ4v) is 5.52. The van der Waals surface area contributed by atoms with E-state index in [1.807, 2.05) is 66.3 Å². The van der Waals surface area contributed by atoms with Gasteiger partial charge in [0.1, 0.15) is 11.9 Å². The van der Waals surface area contributed by atoms with E-state index < -0.39 is 15.9 Å². The molecule has 1 unspecified atom stereocenters. The number of ether oxygens (including phenoxy) is 1. The minimum atomic E-state index is -3.38. The summed E-state index contributed by atoms with van der Waals surface area (Å²) in [6, 6.07) is 27.5. The molecule has 5 rings (SSSR count). The first-order valence-corrected chi connectivity index (χ1v) is 14.9. The van der Waals surface area contributed by atoms with Crippen LogP contribution in [-0.2, 0) is 14.6 Å². The third-order valence-corrected chi connectivity index (χ3v) is 7.70. The maximum absolute atomic E-state index is 13.3. The predicted octanol–water partition coefficient (Wildman–Crippen LogP) is 5.77. The van der Waals surface area contributed by atoms with E-state index >= 15 is 0 Å². The maximum Gasteiger partial charge on any atom is 0.335 e. The van der Waals surface area contributed by atoms with E-state index in [1.165, 1.54) is 6.26 Å². The van der Waals surface area contributed by atoms with Crippen molar-refractivity contribution in [3.63, 3.8) is 0 Å². The van der Waals surface area contributed by atoms with E-state index in [-0.39, 0.29) is 10.8 Å². The molecule has 40 heavy (non-hydrogen) atoms. The lowest BCUT2D eigenvalue weighted by Gasteiger charge is -2.19. The summed E-state index contributed by atoms with van der Waals surface area (Å²) in [5.41, 5.74) is 1.96. The van der Waals surface area contributed by atoms with Gasteiger partial charge in [0.15, 0.2) is 15.9 Å². The van der Waals surface area contributed by atoms with Crippen molar-refractivity contribution < 1.29 is 22.5 Å². The third kappa shape index (κ3) is 6.02. The Balaban J connectivity index is 1.36. The maximum atomic E-state index is 13.3. The van der Waals surface area contributed by atoms with Crippen molar-refractivity contribution in [2.75, 3.05) is 11.6 Å². The molecular weight excluding hydrogens is 522 g/mol. The second-order valence-corrected chi connectivity index (χ2v) is 11.5. The van der Waals surface area contributed by atoms with Gasteiger partial charge in [0, 0.05) is 17.5 Å². The van der Waals surface area contributed by atoms with Crippen LogP contribution < -0.4 is 14.6 Å². The van der Waals surface area contributed by atoms with Crippen LogP contribution in [0.15, 0.2) is 114 Å². The van der Waals surface area contributed by atoms with Crippen LogP contribution in [0.2, 0.25) is 0 Å². The van der Waals surface area contributed by atoms with Crippen molar-refractivity contribution in [1.29, 1.82) is 0 Å². The number of aromatic nitrogens is 2. The number of carbonyl (C=O) groups is 1. The number of benzene rings is 3. The molecule has 0 bridgehead atoms. The van der Waals surface area contributed by atoms with Crippen LogP contribution in [0.1, 0.15) is 19.8 Å². The number of hydrogen-bond donors (Lipinski definition) is 1. The molecule has 2 heterocycles. The largest absolute Gasteiger partial charge is 0.481 e. The number of anilines is 1. The Morgan fingerprint density at radius 1 is 0.950 bits per heavy atom. The zero-order valence-corrected chi connectivity index (χ0v) is 23.1. The second-order valence-electron chi connectivity index (χ2n) is 9.53. The fraction of sp³-hybridized carbons (Fsp3) is 0.156. The highest BCUT2D eigenvalue weighted by Crippen LogP contribution is 2.29. The van der Waals surface area contributed by atoms with E-state index in [0.29, 0.717) is 23.4 Å². The Labute approximate surface area is 234 Å². The summed E-state index contributed by atoms with van der Waals surface area (Å²) in [4.78, 5) is 18.1. The van der Waals surface area contributed by atoms with Gasteiger partial charge in [-0.2, -0.15) is 0 Å². The summed E-state index contributed by atoms with van der Waals surface area (Å²) < 4.78 is 32.6. The number of amides is 1. The number of carbonyl (C=O) groups excluding carboxylic acids is 1. The standard InChI is InChI=1S/C32H29N3O4S/c1-3-9-29(39-26-17-14-24-18-19-33-31(28(24)22-26)35-20-7-4-8-21-35)32(36)34-25-15-12-23(13-16-25)27-10-5-6-11-30(27)40(2,37)38/h4-8,10-22,29H,3,9H2,1-2H3/p+1. The lowest BCUT2D eigenvalue weighted by molar-refractivity contribution is -0.598. The summed E-state index contributed by atoms with van der Waals surface area (Å²) >= 11 is 0. The average Bonchev–Trinajstić information content (AvgIpc) is 2.97. The number of nitrogens with one attached hydrogen (secondary N) is 1. The third-order valence-electron chi connectivity index (χ3n) is 6.55. The first-order valence-electron chi connectivity index (χ1n) is 13.1. The molecule has 1 N–H and O–H groups in total. The zero-order valence-electron chi connectivity index (χ0n) is 22.3. The quantitative estimate of drug-likeness (QED) is 0.235. The zero-order chi connectivity index (χ0) is 28.1. The monoisotopic (exact) mass is 552 g/mol. The molecule has 7 nitrogen and oxygen atoms in total. The molecule has 3 aromatic carbocycles. The fourth-order valence-electron chi connectivity index (χ4n) is 4.61. The van der Waals surface area contributed by atoms with Crippen molar-refractivity contribution in [2.24, 2.45) is 0 Å². The highest BCUT2D eigenvalue weighted by atomic mass is 32.2. The number of nitrogens with zero attached hydrogens (tertiary/aromatic N) is 2. The van der Waals surface area contributed by atoms with Crippen molar-refractivity contribution >= 4 is 32.2 Å². The van der Waals surface area contributed by atoms with E-state index in [9.17, 15) is 13.2 Å². The molecule has 0 aliphatic rings. The van der Waals surface area contributed by atoms with Gasteiger partial charge in [-0.05, 0) is 70.9 Å². The summed E-state index contributed by atoms with van der Waals surface area (Å²) in [5.74, 6) is 1.10. The molecule has 0 aliphatic carbocycles. The van der Waals surface area contributed by atoms with Gasteiger partial charge in [-0.3, -0.25) is 4.79 Å². The number of fused-ring (bicyclic) bond motifs is 1. The highest BCUT2D eigenvalue weighted by Gasteiger charge is 2.22. The molecule has 0 radical (unpaired) electrons. The van der Waals surface area contributed by atoms with Gasteiger partial charge in [-0.15, -0.1) is 0 Å². The molecule has 0 fully saturated rings. The summed E-state index contributed by atoms with van der Waals surface area (Å²) in [7, 11) is -3.38. The second kappa shape index (κ2) is 11.7. The minimum absolute atomic E-state index is 0.255. The number of hydrogen-bond acceptors (Lipinski definition) is 5. The Morgan fingerprint density at radius 3 is 2.42 bits per heavy atom. The van der Waals surface area contributed by atoms with Gasteiger partial charge >= 0.3 is 5.82 Å². The van der Waals surface area contributed by atoms with Crippen LogP contribution >= 0.6 is 0 Å². The van der Waals surface area contributed by atoms with Crippen LogP contribution in [0.25, 0.3) is 27.7 Å². The van der Waals surface area contributed by atoms with Crippen LogP contribution in [0.5, 0.6) is 5.75 Å². The lowest BCUT2D eigenvalue weighted by Crippen LogP contribution is -2.33. The first-order chi connectivity index (χ1) is 19.3. The Hall–Kier alpha value is -4.56. The minimum Gasteiger partial charge on any atom is -0.481 e. The molecule has 1 atom stereocenters. The predicted molar refractivity (Wildman–Crippen MR) is 156 cm³/mol. The molecule has 0 spiro atoms. The molecule has 0 aliphatic heterocycles. The van der Waals surface area contributed by atoms with E-state index in [0.717, 1.165) is 28.6 Å². The molecule has 0 saturated carbocycles. The average molecular weight is 553 g/mol. The molecule has 0 saturated heterocycles.